The van der Waals surface area contributed by atoms with Crippen molar-refractivity contribution in [3.8, 4) is 0 Å². The first-order chi connectivity index (χ1) is 11.9. The van der Waals surface area contributed by atoms with Gasteiger partial charge in [0.05, 0.1) is 11.5 Å². The molecular weight excluding hydrogens is 362 g/mol. The summed E-state index contributed by atoms with van der Waals surface area (Å²) < 4.78 is 34.7. The maximum Gasteiger partial charge on any atom is 0.240 e. The van der Waals surface area contributed by atoms with Crippen molar-refractivity contribution in [2.24, 2.45) is 0 Å². The number of unbranched alkanes of at least 4 members (excludes halogenated alkanes) is 2. The van der Waals surface area contributed by atoms with Gasteiger partial charge in [-0.3, -0.25) is 0 Å². The molecule has 0 aromatic heterocycles. The van der Waals surface area contributed by atoms with Gasteiger partial charge in [-0.1, -0.05) is 64.7 Å². The molecule has 4 nitrogen and oxygen atoms in total. The van der Waals surface area contributed by atoms with E-state index < -0.39 is 18.3 Å². The van der Waals surface area contributed by atoms with Gasteiger partial charge in [0.1, 0.15) is 0 Å². The van der Waals surface area contributed by atoms with Gasteiger partial charge in [0.2, 0.25) is 10.0 Å². The molecule has 0 amide bonds. The fourth-order valence-corrected chi connectivity index (χ4v) is 4.65. The van der Waals surface area contributed by atoms with Crippen molar-refractivity contribution in [3.63, 3.8) is 0 Å². The number of hydrogen-bond acceptors (Lipinski definition) is 3. The highest BCUT2D eigenvalue weighted by Gasteiger charge is 2.37. The summed E-state index contributed by atoms with van der Waals surface area (Å²) in [6, 6.07) is 6.78. The zero-order valence-electron chi connectivity index (χ0n) is 17.6. The van der Waals surface area contributed by atoms with Crippen LogP contribution in [0.2, 0.25) is 18.1 Å². The lowest BCUT2D eigenvalue weighted by Gasteiger charge is -2.37. The zero-order chi connectivity index (χ0) is 20.0. The molecule has 0 unspecified atom stereocenters. The normalized spacial score (nSPS) is 14.4. The molecule has 0 saturated carbocycles. The van der Waals surface area contributed by atoms with Crippen LogP contribution in [-0.2, 0) is 14.4 Å². The van der Waals surface area contributed by atoms with Gasteiger partial charge >= 0.3 is 0 Å². The second-order valence-corrected chi connectivity index (χ2v) is 15.2. The summed E-state index contributed by atoms with van der Waals surface area (Å²) in [4.78, 5) is 0.316. The summed E-state index contributed by atoms with van der Waals surface area (Å²) in [6.45, 7) is 15.5. The second kappa shape index (κ2) is 9.49. The number of sulfonamides is 1. The summed E-state index contributed by atoms with van der Waals surface area (Å²) in [5, 5.41) is 0.108. The smallest absolute Gasteiger partial charge is 0.240 e. The highest BCUT2D eigenvalue weighted by Crippen LogP contribution is 2.36. The second-order valence-electron chi connectivity index (χ2n) is 8.70. The molecule has 1 rings (SSSR count). The van der Waals surface area contributed by atoms with Gasteiger partial charge in [-0.05, 0) is 43.6 Å². The molecule has 26 heavy (non-hydrogen) atoms. The van der Waals surface area contributed by atoms with Gasteiger partial charge in [-0.15, -0.1) is 0 Å². The molecule has 0 aliphatic rings. The third kappa shape index (κ3) is 7.14. The molecule has 1 aromatic rings. The monoisotopic (exact) mass is 399 g/mol. The lowest BCUT2D eigenvalue weighted by Crippen LogP contribution is -2.46. The first kappa shape index (κ1) is 23.3. The number of hydrogen-bond donors (Lipinski definition) is 1. The molecule has 150 valence electrons. The van der Waals surface area contributed by atoms with Gasteiger partial charge in [0, 0.05) is 6.04 Å². The Hall–Kier alpha value is -0.693. The Morgan fingerprint density at radius 3 is 2.19 bits per heavy atom. The fraction of sp³-hybridized carbons (Fsp3) is 0.700. The van der Waals surface area contributed by atoms with Gasteiger partial charge in [0.15, 0.2) is 8.32 Å². The summed E-state index contributed by atoms with van der Waals surface area (Å²) >= 11 is 0. The number of rotatable bonds is 10. The van der Waals surface area contributed by atoms with E-state index in [2.05, 4.69) is 45.5 Å². The molecule has 0 heterocycles. The minimum Gasteiger partial charge on any atom is -0.415 e. The summed E-state index contributed by atoms with van der Waals surface area (Å²) in [6.07, 6.45) is 4.01. The summed E-state index contributed by atoms with van der Waals surface area (Å²) in [5.41, 5.74) is 1.05. The van der Waals surface area contributed by atoms with E-state index in [4.69, 9.17) is 4.43 Å². The van der Waals surface area contributed by atoms with Crippen molar-refractivity contribution in [1.29, 1.82) is 0 Å². The van der Waals surface area contributed by atoms with Crippen LogP contribution in [0, 0.1) is 6.92 Å². The zero-order valence-corrected chi connectivity index (χ0v) is 19.4. The van der Waals surface area contributed by atoms with Crippen LogP contribution in [0.4, 0.5) is 0 Å². The van der Waals surface area contributed by atoms with Crippen molar-refractivity contribution < 1.29 is 12.8 Å². The fourth-order valence-electron chi connectivity index (χ4n) is 2.35. The van der Waals surface area contributed by atoms with E-state index in [9.17, 15) is 8.42 Å². The Morgan fingerprint density at radius 2 is 1.69 bits per heavy atom. The predicted molar refractivity (Wildman–Crippen MR) is 113 cm³/mol. The molecule has 0 spiro atoms. The van der Waals surface area contributed by atoms with E-state index in [0.717, 1.165) is 31.2 Å². The van der Waals surface area contributed by atoms with E-state index in [1.807, 2.05) is 19.1 Å². The molecule has 1 aromatic carbocycles. The van der Waals surface area contributed by atoms with Crippen LogP contribution in [0.25, 0.3) is 0 Å². The van der Waals surface area contributed by atoms with E-state index in [1.165, 1.54) is 0 Å². The average molecular weight is 400 g/mol. The van der Waals surface area contributed by atoms with Crippen LogP contribution in [-0.4, -0.2) is 29.4 Å². The van der Waals surface area contributed by atoms with Crippen molar-refractivity contribution in [3.05, 3.63) is 29.8 Å². The standard InChI is InChI=1S/C20H37NO3SSi/c1-8-9-10-11-18(16-24-26(6,7)20(3,4)5)21-25(22,23)19-14-12-17(2)13-15-19/h12-15,18,21H,8-11,16H2,1-7H3/t18-/m1/s1. The van der Waals surface area contributed by atoms with Crippen LogP contribution in [0.15, 0.2) is 29.2 Å². The lowest BCUT2D eigenvalue weighted by molar-refractivity contribution is 0.247. The highest BCUT2D eigenvalue weighted by molar-refractivity contribution is 7.89. The maximum absolute atomic E-state index is 12.8. The van der Waals surface area contributed by atoms with E-state index >= 15 is 0 Å². The van der Waals surface area contributed by atoms with Crippen molar-refractivity contribution >= 4 is 18.3 Å². The molecule has 1 N–H and O–H groups in total. The third-order valence-corrected chi connectivity index (χ3v) is 11.3. The molecular formula is C20H37NO3SSi. The number of nitrogens with one attached hydrogen (secondary N) is 1. The molecule has 0 saturated heterocycles. The average Bonchev–Trinajstić information content (AvgIpc) is 2.52. The number of benzene rings is 1. The van der Waals surface area contributed by atoms with E-state index in [0.29, 0.717) is 11.5 Å². The van der Waals surface area contributed by atoms with Crippen molar-refractivity contribution in [2.75, 3.05) is 6.61 Å². The van der Waals surface area contributed by atoms with Gasteiger partial charge in [-0.2, -0.15) is 0 Å². The third-order valence-electron chi connectivity index (χ3n) is 5.26. The van der Waals surface area contributed by atoms with Crippen LogP contribution < -0.4 is 4.72 Å². The van der Waals surface area contributed by atoms with E-state index in [-0.39, 0.29) is 11.1 Å². The molecule has 0 aliphatic heterocycles. The van der Waals surface area contributed by atoms with Crippen molar-refractivity contribution in [2.45, 2.75) is 89.4 Å². The molecule has 0 radical (unpaired) electrons. The van der Waals surface area contributed by atoms with Gasteiger partial charge in [0.25, 0.3) is 0 Å². The Bertz CT molecular complexity index is 649. The van der Waals surface area contributed by atoms with E-state index in [1.54, 1.807) is 12.1 Å². The Balaban J connectivity index is 2.87. The Labute approximate surface area is 161 Å². The largest absolute Gasteiger partial charge is 0.415 e. The first-order valence-electron chi connectivity index (χ1n) is 9.62. The topological polar surface area (TPSA) is 55.4 Å². The van der Waals surface area contributed by atoms with Crippen LogP contribution >= 0.6 is 0 Å². The van der Waals surface area contributed by atoms with Crippen LogP contribution in [0.1, 0.15) is 58.9 Å². The Kier molecular flexibility index (Phi) is 8.52. The predicted octanol–water partition coefficient (Wildman–Crippen LogP) is 5.24. The molecule has 0 fully saturated rings. The summed E-state index contributed by atoms with van der Waals surface area (Å²) in [5.74, 6) is 0. The SMILES string of the molecule is CCCCC[C@H](CO[Si](C)(C)C(C)(C)C)NS(=O)(=O)c1ccc(C)cc1. The minimum absolute atomic E-state index is 0.108. The Morgan fingerprint density at radius 1 is 1.12 bits per heavy atom. The minimum atomic E-state index is -3.53. The molecule has 0 aliphatic carbocycles. The number of aryl methyl sites for hydroxylation is 1. The van der Waals surface area contributed by atoms with Gasteiger partial charge < -0.3 is 4.43 Å². The highest BCUT2D eigenvalue weighted by atomic mass is 32.2. The van der Waals surface area contributed by atoms with Crippen molar-refractivity contribution in [1.82, 2.24) is 4.72 Å². The first-order valence-corrected chi connectivity index (χ1v) is 14.0. The lowest BCUT2D eigenvalue weighted by atomic mass is 10.1. The maximum atomic E-state index is 12.8. The molecule has 1 atom stereocenters. The molecule has 6 heteroatoms. The quantitative estimate of drug-likeness (QED) is 0.432. The molecule has 0 bridgehead atoms. The van der Waals surface area contributed by atoms with Crippen LogP contribution in [0.3, 0.4) is 0 Å². The summed E-state index contributed by atoms with van der Waals surface area (Å²) in [7, 11) is -5.44. The van der Waals surface area contributed by atoms with Crippen LogP contribution in [0.5, 0.6) is 0 Å². The van der Waals surface area contributed by atoms with Gasteiger partial charge in [-0.25, -0.2) is 13.1 Å².